The molecule has 1 aromatic rings. The van der Waals surface area contributed by atoms with Gasteiger partial charge in [0.1, 0.15) is 5.78 Å². The third-order valence-electron chi connectivity index (χ3n) is 2.56. The molecule has 0 heterocycles. The lowest BCUT2D eigenvalue weighted by Gasteiger charge is -2.07. The van der Waals surface area contributed by atoms with Crippen LogP contribution >= 0.6 is 0 Å². The maximum Gasteiger partial charge on any atom is 0.310 e. The lowest BCUT2D eigenvalue weighted by atomic mass is 10.0. The van der Waals surface area contributed by atoms with Crippen LogP contribution in [-0.2, 0) is 11.2 Å². The molecule has 5 heteroatoms. The molecule has 0 unspecified atom stereocenters. The summed E-state index contributed by atoms with van der Waals surface area (Å²) >= 11 is 0. The lowest BCUT2D eigenvalue weighted by molar-refractivity contribution is -0.385. The largest absolute Gasteiger partial charge is 0.487 e. The Morgan fingerprint density at radius 3 is 2.63 bits per heavy atom. The van der Waals surface area contributed by atoms with Gasteiger partial charge in [-0.05, 0) is 24.5 Å². The standard InChI is InChI=1S/C14H19NO4/c1-4-19-14-9-11(5-6-13(14)15(17)18)8-12(16)7-10(2)3/h5-6,9-10H,4,7-8H2,1-3H3. The fourth-order valence-corrected chi connectivity index (χ4v) is 1.85. The molecule has 19 heavy (non-hydrogen) atoms. The van der Waals surface area contributed by atoms with Gasteiger partial charge in [0.25, 0.3) is 0 Å². The van der Waals surface area contributed by atoms with Gasteiger partial charge in [0.15, 0.2) is 5.75 Å². The first-order valence-corrected chi connectivity index (χ1v) is 6.35. The van der Waals surface area contributed by atoms with Crippen LogP contribution in [0.5, 0.6) is 5.75 Å². The summed E-state index contributed by atoms with van der Waals surface area (Å²) in [6.07, 6.45) is 0.803. The van der Waals surface area contributed by atoms with Gasteiger partial charge >= 0.3 is 5.69 Å². The van der Waals surface area contributed by atoms with Gasteiger partial charge in [-0.25, -0.2) is 0 Å². The van der Waals surface area contributed by atoms with E-state index in [4.69, 9.17) is 4.74 Å². The number of benzene rings is 1. The highest BCUT2D eigenvalue weighted by molar-refractivity contribution is 5.81. The summed E-state index contributed by atoms with van der Waals surface area (Å²) in [6, 6.07) is 4.59. The minimum atomic E-state index is -0.481. The number of hydrogen-bond acceptors (Lipinski definition) is 4. The maximum absolute atomic E-state index is 11.7. The number of rotatable bonds is 7. The number of ketones is 1. The second kappa shape index (κ2) is 6.87. The minimum Gasteiger partial charge on any atom is -0.487 e. The van der Waals surface area contributed by atoms with E-state index in [0.29, 0.717) is 18.9 Å². The number of hydrogen-bond donors (Lipinski definition) is 0. The number of Topliss-reactive ketones (excluding diaryl/α,β-unsaturated/α-hetero) is 1. The third-order valence-corrected chi connectivity index (χ3v) is 2.56. The van der Waals surface area contributed by atoms with Crippen molar-refractivity contribution in [3.63, 3.8) is 0 Å². The zero-order valence-corrected chi connectivity index (χ0v) is 11.5. The molecule has 0 saturated carbocycles. The molecule has 0 aliphatic heterocycles. The molecule has 0 aliphatic carbocycles. The SMILES string of the molecule is CCOc1cc(CC(=O)CC(C)C)ccc1[N+](=O)[O-]. The Labute approximate surface area is 112 Å². The molecule has 104 valence electrons. The zero-order valence-electron chi connectivity index (χ0n) is 11.5. The van der Waals surface area contributed by atoms with Crippen molar-refractivity contribution in [3.8, 4) is 5.75 Å². The van der Waals surface area contributed by atoms with E-state index in [0.717, 1.165) is 5.56 Å². The van der Waals surface area contributed by atoms with Crippen LogP contribution in [0.4, 0.5) is 5.69 Å². The van der Waals surface area contributed by atoms with E-state index in [-0.39, 0.29) is 23.6 Å². The highest BCUT2D eigenvalue weighted by Crippen LogP contribution is 2.28. The maximum atomic E-state index is 11.7. The monoisotopic (exact) mass is 265 g/mol. The first-order chi connectivity index (χ1) is 8.93. The zero-order chi connectivity index (χ0) is 14.4. The van der Waals surface area contributed by atoms with Crippen LogP contribution < -0.4 is 4.74 Å². The molecule has 1 aromatic carbocycles. The Morgan fingerprint density at radius 1 is 1.42 bits per heavy atom. The normalized spacial score (nSPS) is 10.5. The molecule has 0 spiro atoms. The van der Waals surface area contributed by atoms with Crippen molar-refractivity contribution in [2.24, 2.45) is 5.92 Å². The number of nitro benzene ring substituents is 1. The van der Waals surface area contributed by atoms with Crippen LogP contribution in [0.2, 0.25) is 0 Å². The van der Waals surface area contributed by atoms with Gasteiger partial charge in [-0.3, -0.25) is 14.9 Å². The third kappa shape index (κ3) is 4.69. The van der Waals surface area contributed by atoms with E-state index in [9.17, 15) is 14.9 Å². The Hall–Kier alpha value is -1.91. The summed E-state index contributed by atoms with van der Waals surface area (Å²) in [4.78, 5) is 22.1. The lowest BCUT2D eigenvalue weighted by Crippen LogP contribution is -2.07. The van der Waals surface area contributed by atoms with Gasteiger partial charge in [0.2, 0.25) is 0 Å². The fourth-order valence-electron chi connectivity index (χ4n) is 1.85. The summed E-state index contributed by atoms with van der Waals surface area (Å²) in [5.74, 6) is 0.672. The van der Waals surface area contributed by atoms with Crippen molar-refractivity contribution in [3.05, 3.63) is 33.9 Å². The van der Waals surface area contributed by atoms with Gasteiger partial charge in [-0.15, -0.1) is 0 Å². The second-order valence-corrected chi connectivity index (χ2v) is 4.81. The van der Waals surface area contributed by atoms with Crippen molar-refractivity contribution in [1.82, 2.24) is 0 Å². The van der Waals surface area contributed by atoms with Crippen molar-refractivity contribution in [2.75, 3.05) is 6.61 Å². The van der Waals surface area contributed by atoms with E-state index >= 15 is 0 Å². The van der Waals surface area contributed by atoms with E-state index in [1.165, 1.54) is 6.07 Å². The average Bonchev–Trinajstić information content (AvgIpc) is 2.27. The number of carbonyl (C=O) groups excluding carboxylic acids is 1. The second-order valence-electron chi connectivity index (χ2n) is 4.81. The molecule has 0 aromatic heterocycles. The molecule has 5 nitrogen and oxygen atoms in total. The molecule has 0 saturated heterocycles. The van der Waals surface area contributed by atoms with Crippen LogP contribution in [0.3, 0.4) is 0 Å². The molecule has 0 amide bonds. The van der Waals surface area contributed by atoms with Crippen molar-refractivity contribution in [2.45, 2.75) is 33.6 Å². The number of nitro groups is 1. The molecule has 0 fully saturated rings. The number of carbonyl (C=O) groups is 1. The summed E-state index contributed by atoms with van der Waals surface area (Å²) < 4.78 is 5.25. The Balaban J connectivity index is 2.89. The molecule has 0 atom stereocenters. The van der Waals surface area contributed by atoms with E-state index < -0.39 is 4.92 Å². The van der Waals surface area contributed by atoms with E-state index in [1.807, 2.05) is 13.8 Å². The first kappa shape index (κ1) is 15.1. The van der Waals surface area contributed by atoms with Gasteiger partial charge < -0.3 is 4.74 Å². The first-order valence-electron chi connectivity index (χ1n) is 6.35. The predicted molar refractivity (Wildman–Crippen MR) is 72.4 cm³/mol. The predicted octanol–water partition coefficient (Wildman–Crippen LogP) is 3.15. The van der Waals surface area contributed by atoms with Crippen LogP contribution in [0, 0.1) is 16.0 Å². The van der Waals surface area contributed by atoms with Crippen LogP contribution in [0.25, 0.3) is 0 Å². The molecule has 0 radical (unpaired) electrons. The van der Waals surface area contributed by atoms with E-state index in [1.54, 1.807) is 19.1 Å². The molecule has 0 N–H and O–H groups in total. The van der Waals surface area contributed by atoms with Crippen molar-refractivity contribution >= 4 is 11.5 Å². The Morgan fingerprint density at radius 2 is 2.11 bits per heavy atom. The summed E-state index contributed by atoms with van der Waals surface area (Å²) in [5, 5.41) is 10.8. The van der Waals surface area contributed by atoms with Crippen LogP contribution in [0.15, 0.2) is 18.2 Å². The smallest absolute Gasteiger partial charge is 0.310 e. The van der Waals surface area contributed by atoms with E-state index in [2.05, 4.69) is 0 Å². The van der Waals surface area contributed by atoms with Gasteiger partial charge in [-0.2, -0.15) is 0 Å². The summed E-state index contributed by atoms with van der Waals surface area (Å²) in [7, 11) is 0. The van der Waals surface area contributed by atoms with Gasteiger partial charge in [0, 0.05) is 18.9 Å². The van der Waals surface area contributed by atoms with Crippen molar-refractivity contribution < 1.29 is 14.5 Å². The molecular weight excluding hydrogens is 246 g/mol. The highest BCUT2D eigenvalue weighted by Gasteiger charge is 2.16. The molecule has 0 bridgehead atoms. The van der Waals surface area contributed by atoms with Crippen LogP contribution in [-0.4, -0.2) is 17.3 Å². The Bertz CT molecular complexity index is 469. The topological polar surface area (TPSA) is 69.4 Å². The number of nitrogens with zero attached hydrogens (tertiary/aromatic N) is 1. The fraction of sp³-hybridized carbons (Fsp3) is 0.500. The number of ether oxygens (including phenoxy) is 1. The molecule has 1 rings (SSSR count). The summed E-state index contributed by atoms with van der Waals surface area (Å²) in [6.45, 7) is 6.09. The highest BCUT2D eigenvalue weighted by atomic mass is 16.6. The van der Waals surface area contributed by atoms with Gasteiger partial charge in [0.05, 0.1) is 11.5 Å². The Kier molecular flexibility index (Phi) is 5.48. The molecular formula is C14H19NO4. The van der Waals surface area contributed by atoms with Gasteiger partial charge in [-0.1, -0.05) is 19.9 Å². The van der Waals surface area contributed by atoms with Crippen LogP contribution in [0.1, 0.15) is 32.8 Å². The molecule has 0 aliphatic rings. The van der Waals surface area contributed by atoms with Crippen molar-refractivity contribution in [1.29, 1.82) is 0 Å². The average molecular weight is 265 g/mol. The quantitative estimate of drug-likeness (QED) is 0.561. The summed E-state index contributed by atoms with van der Waals surface area (Å²) in [5.41, 5.74) is 0.682. The minimum absolute atomic E-state index is 0.0677.